The molecule has 7 heteroatoms. The lowest BCUT2D eigenvalue weighted by molar-refractivity contribution is 0.200. The third-order valence-corrected chi connectivity index (χ3v) is 5.05. The van der Waals surface area contributed by atoms with Crippen molar-refractivity contribution < 1.29 is 14.2 Å². The predicted molar refractivity (Wildman–Crippen MR) is 107 cm³/mol. The predicted octanol–water partition coefficient (Wildman–Crippen LogP) is 4.08. The number of rotatable bonds is 9. The van der Waals surface area contributed by atoms with Gasteiger partial charge in [0.15, 0.2) is 11.0 Å². The molecule has 0 saturated carbocycles. The van der Waals surface area contributed by atoms with E-state index >= 15 is 0 Å². The summed E-state index contributed by atoms with van der Waals surface area (Å²) in [5.41, 5.74) is 1.86. The van der Waals surface area contributed by atoms with Gasteiger partial charge in [0.05, 0.1) is 25.5 Å². The molecule has 0 aliphatic rings. The molecule has 0 fully saturated rings. The number of benzene rings is 2. The van der Waals surface area contributed by atoms with Crippen LogP contribution in [-0.4, -0.2) is 48.5 Å². The Bertz CT molecular complexity index is 865. The summed E-state index contributed by atoms with van der Waals surface area (Å²) in [5.74, 6) is 3.20. The van der Waals surface area contributed by atoms with E-state index in [2.05, 4.69) is 14.8 Å². The van der Waals surface area contributed by atoms with Crippen molar-refractivity contribution in [3.63, 3.8) is 0 Å². The van der Waals surface area contributed by atoms with Gasteiger partial charge in [0.2, 0.25) is 0 Å². The van der Waals surface area contributed by atoms with Crippen LogP contribution in [0.1, 0.15) is 6.42 Å². The smallest absolute Gasteiger partial charge is 0.196 e. The molecule has 0 aliphatic heterocycles. The maximum atomic E-state index is 5.53. The third-order valence-electron chi connectivity index (χ3n) is 4.04. The van der Waals surface area contributed by atoms with E-state index in [0.29, 0.717) is 0 Å². The van der Waals surface area contributed by atoms with E-state index in [9.17, 15) is 0 Å². The van der Waals surface area contributed by atoms with Crippen molar-refractivity contribution in [3.05, 3.63) is 48.5 Å². The lowest BCUT2D eigenvalue weighted by Crippen LogP contribution is -2.01. The zero-order valence-electron chi connectivity index (χ0n) is 15.7. The van der Waals surface area contributed by atoms with Gasteiger partial charge in [-0.05, 0) is 42.8 Å². The summed E-state index contributed by atoms with van der Waals surface area (Å²) < 4.78 is 18.0. The van der Waals surface area contributed by atoms with E-state index in [4.69, 9.17) is 14.2 Å². The summed E-state index contributed by atoms with van der Waals surface area (Å²) in [7, 11) is 5.03. The van der Waals surface area contributed by atoms with Crippen LogP contribution in [0.15, 0.2) is 53.7 Å². The third kappa shape index (κ3) is 4.43. The van der Waals surface area contributed by atoms with Crippen molar-refractivity contribution in [3.8, 4) is 28.6 Å². The first kappa shape index (κ1) is 19.3. The number of thioether (sulfide) groups is 1. The molecule has 0 bridgehead atoms. The number of hydrogen-bond donors (Lipinski definition) is 0. The first-order valence-corrected chi connectivity index (χ1v) is 9.62. The minimum absolute atomic E-state index is 0.725. The number of nitrogens with zero attached hydrogens (tertiary/aromatic N) is 3. The molecule has 3 rings (SSSR count). The molecule has 0 N–H and O–H groups in total. The van der Waals surface area contributed by atoms with Gasteiger partial charge in [0.25, 0.3) is 0 Å². The standard InChI is InChI=1S/C20H23N3O3S/c1-24-13-6-14-27-20-22-21-19(17-7-4-5-8-18(17)26-3)23(20)15-9-11-16(25-2)12-10-15/h4-5,7-12H,6,13-14H2,1-3H3. The average Bonchev–Trinajstić information content (AvgIpc) is 3.15. The van der Waals surface area contributed by atoms with Crippen LogP contribution in [0.5, 0.6) is 11.5 Å². The van der Waals surface area contributed by atoms with Gasteiger partial charge in [0.1, 0.15) is 11.5 Å². The zero-order valence-corrected chi connectivity index (χ0v) is 16.5. The molecular formula is C20H23N3O3S. The highest BCUT2D eigenvalue weighted by Gasteiger charge is 2.18. The zero-order chi connectivity index (χ0) is 19.1. The summed E-state index contributed by atoms with van der Waals surface area (Å²) >= 11 is 1.66. The summed E-state index contributed by atoms with van der Waals surface area (Å²) in [6, 6.07) is 15.7. The molecule has 0 spiro atoms. The average molecular weight is 385 g/mol. The number of para-hydroxylation sites is 1. The first-order chi connectivity index (χ1) is 13.3. The van der Waals surface area contributed by atoms with Crippen molar-refractivity contribution in [2.45, 2.75) is 11.6 Å². The van der Waals surface area contributed by atoms with Crippen LogP contribution in [0.2, 0.25) is 0 Å². The molecule has 0 radical (unpaired) electrons. The molecule has 0 unspecified atom stereocenters. The molecule has 3 aromatic rings. The highest BCUT2D eigenvalue weighted by atomic mass is 32.2. The van der Waals surface area contributed by atoms with Crippen LogP contribution in [0.3, 0.4) is 0 Å². The first-order valence-electron chi connectivity index (χ1n) is 8.63. The van der Waals surface area contributed by atoms with E-state index in [1.54, 1.807) is 33.1 Å². The second-order valence-electron chi connectivity index (χ2n) is 5.73. The summed E-state index contributed by atoms with van der Waals surface area (Å²) in [6.07, 6.45) is 0.945. The fraction of sp³-hybridized carbons (Fsp3) is 0.300. The van der Waals surface area contributed by atoms with Gasteiger partial charge < -0.3 is 14.2 Å². The van der Waals surface area contributed by atoms with Crippen molar-refractivity contribution in [2.75, 3.05) is 33.7 Å². The quantitative estimate of drug-likeness (QED) is 0.409. The molecule has 142 valence electrons. The Morgan fingerprint density at radius 1 is 0.926 bits per heavy atom. The number of ether oxygens (including phenoxy) is 3. The Morgan fingerprint density at radius 3 is 2.41 bits per heavy atom. The monoisotopic (exact) mass is 385 g/mol. The van der Waals surface area contributed by atoms with Gasteiger partial charge in [-0.15, -0.1) is 10.2 Å². The molecule has 1 aromatic heterocycles. The molecule has 0 atom stereocenters. The lowest BCUT2D eigenvalue weighted by Gasteiger charge is -2.13. The Labute approximate surface area is 163 Å². The number of methoxy groups -OCH3 is 3. The molecule has 0 amide bonds. The second-order valence-corrected chi connectivity index (χ2v) is 6.80. The molecule has 27 heavy (non-hydrogen) atoms. The Balaban J connectivity index is 2.03. The van der Waals surface area contributed by atoms with Gasteiger partial charge in [0, 0.05) is 19.5 Å². The van der Waals surface area contributed by atoms with Gasteiger partial charge in [-0.25, -0.2) is 0 Å². The SMILES string of the molecule is COCCCSc1nnc(-c2ccccc2OC)n1-c1ccc(OC)cc1. The van der Waals surface area contributed by atoms with E-state index in [1.165, 1.54) is 0 Å². The van der Waals surface area contributed by atoms with Crippen LogP contribution < -0.4 is 9.47 Å². The maximum absolute atomic E-state index is 5.53. The summed E-state index contributed by atoms with van der Waals surface area (Å²) in [6.45, 7) is 0.725. The minimum Gasteiger partial charge on any atom is -0.497 e. The molecule has 0 aliphatic carbocycles. The van der Waals surface area contributed by atoms with Crippen LogP contribution in [0.4, 0.5) is 0 Å². The topological polar surface area (TPSA) is 58.4 Å². The van der Waals surface area contributed by atoms with Crippen LogP contribution >= 0.6 is 11.8 Å². The van der Waals surface area contributed by atoms with Crippen molar-refractivity contribution in [1.29, 1.82) is 0 Å². The maximum Gasteiger partial charge on any atom is 0.196 e. The van der Waals surface area contributed by atoms with E-state index in [0.717, 1.165) is 52.5 Å². The van der Waals surface area contributed by atoms with Crippen molar-refractivity contribution in [1.82, 2.24) is 14.8 Å². The fourth-order valence-corrected chi connectivity index (χ4v) is 3.56. The number of hydrogen-bond acceptors (Lipinski definition) is 6. The van der Waals surface area contributed by atoms with Gasteiger partial charge in [-0.1, -0.05) is 23.9 Å². The summed E-state index contributed by atoms with van der Waals surface area (Å²) in [4.78, 5) is 0. The normalized spacial score (nSPS) is 10.8. The Hall–Kier alpha value is -2.51. The molecule has 6 nitrogen and oxygen atoms in total. The van der Waals surface area contributed by atoms with E-state index < -0.39 is 0 Å². The highest BCUT2D eigenvalue weighted by molar-refractivity contribution is 7.99. The fourth-order valence-electron chi connectivity index (χ4n) is 2.70. The lowest BCUT2D eigenvalue weighted by atomic mass is 10.2. The van der Waals surface area contributed by atoms with Gasteiger partial charge in [-0.2, -0.15) is 0 Å². The molecule has 2 aromatic carbocycles. The van der Waals surface area contributed by atoms with Crippen LogP contribution in [0, 0.1) is 0 Å². The minimum atomic E-state index is 0.725. The second kappa shape index (κ2) is 9.43. The van der Waals surface area contributed by atoms with Crippen molar-refractivity contribution >= 4 is 11.8 Å². The number of aromatic nitrogens is 3. The molecule has 1 heterocycles. The van der Waals surface area contributed by atoms with Crippen LogP contribution in [0.25, 0.3) is 17.1 Å². The van der Waals surface area contributed by atoms with Crippen LogP contribution in [-0.2, 0) is 4.74 Å². The highest BCUT2D eigenvalue weighted by Crippen LogP contribution is 2.33. The Morgan fingerprint density at radius 2 is 1.70 bits per heavy atom. The molecular weight excluding hydrogens is 362 g/mol. The van der Waals surface area contributed by atoms with E-state index in [-0.39, 0.29) is 0 Å². The van der Waals surface area contributed by atoms with Gasteiger partial charge >= 0.3 is 0 Å². The molecule has 0 saturated heterocycles. The van der Waals surface area contributed by atoms with Gasteiger partial charge in [-0.3, -0.25) is 4.57 Å². The largest absolute Gasteiger partial charge is 0.497 e. The van der Waals surface area contributed by atoms with Crippen molar-refractivity contribution in [2.24, 2.45) is 0 Å². The van der Waals surface area contributed by atoms with E-state index in [1.807, 2.05) is 48.5 Å². The Kier molecular flexibility index (Phi) is 6.73. The summed E-state index contributed by atoms with van der Waals surface area (Å²) in [5, 5.41) is 9.73.